The molecule has 6 nitrogen and oxygen atoms in total. The van der Waals surface area contributed by atoms with E-state index >= 15 is 0 Å². The van der Waals surface area contributed by atoms with Gasteiger partial charge in [-0.3, -0.25) is 14.7 Å². The van der Waals surface area contributed by atoms with Gasteiger partial charge in [-0.05, 0) is 43.2 Å². The molecule has 1 saturated heterocycles. The van der Waals surface area contributed by atoms with E-state index in [1.54, 1.807) is 0 Å². The van der Waals surface area contributed by atoms with Crippen LogP contribution in [0.1, 0.15) is 44.9 Å². The fraction of sp³-hybridized carbons (Fsp3) is 0.588. The average Bonchev–Trinajstić information content (AvgIpc) is 2.70. The van der Waals surface area contributed by atoms with E-state index in [1.165, 1.54) is 12.1 Å². The number of halogens is 1. The molecular formula is C17H22FN3O3. The van der Waals surface area contributed by atoms with E-state index in [0.717, 1.165) is 17.5 Å². The number of β-amino-alcohol motifs (C(OH)–C–C–N with tert-alkyl or cyclic N) is 1. The normalized spacial score (nSPS) is 31.4. The fourth-order valence-electron chi connectivity index (χ4n) is 4.10. The number of nitrogens with one attached hydrogen (secondary N) is 1. The van der Waals surface area contributed by atoms with Crippen molar-refractivity contribution in [2.75, 3.05) is 6.54 Å². The maximum atomic E-state index is 12.9. The van der Waals surface area contributed by atoms with Crippen molar-refractivity contribution in [3.63, 3.8) is 0 Å². The molecule has 7 heteroatoms. The van der Waals surface area contributed by atoms with E-state index in [1.807, 2.05) is 0 Å². The summed E-state index contributed by atoms with van der Waals surface area (Å²) >= 11 is 0. The van der Waals surface area contributed by atoms with Gasteiger partial charge in [0.1, 0.15) is 17.5 Å². The number of nitrogens with zero attached hydrogens (tertiary/aromatic N) is 2. The highest BCUT2D eigenvalue weighted by Crippen LogP contribution is 2.39. The van der Waals surface area contributed by atoms with Gasteiger partial charge in [0.2, 0.25) is 0 Å². The first kappa shape index (κ1) is 16.8. The van der Waals surface area contributed by atoms with Crippen LogP contribution in [0.4, 0.5) is 9.18 Å². The van der Waals surface area contributed by atoms with Crippen LogP contribution in [0.2, 0.25) is 0 Å². The smallest absolute Gasteiger partial charge is 0.325 e. The van der Waals surface area contributed by atoms with Crippen molar-refractivity contribution < 1.29 is 19.1 Å². The number of pyridine rings is 1. The highest BCUT2D eigenvalue weighted by molar-refractivity contribution is 6.07. The molecule has 3 atom stereocenters. The lowest BCUT2D eigenvalue weighted by molar-refractivity contribution is -0.134. The van der Waals surface area contributed by atoms with Crippen LogP contribution in [0.25, 0.3) is 0 Å². The topological polar surface area (TPSA) is 82.5 Å². The molecule has 130 valence electrons. The lowest BCUT2D eigenvalue weighted by Crippen LogP contribution is -2.52. The van der Waals surface area contributed by atoms with Crippen molar-refractivity contribution in [2.24, 2.45) is 11.8 Å². The van der Waals surface area contributed by atoms with Crippen molar-refractivity contribution in [1.29, 1.82) is 0 Å². The zero-order valence-electron chi connectivity index (χ0n) is 13.8. The molecule has 24 heavy (non-hydrogen) atoms. The Bertz CT molecular complexity index is 639. The summed E-state index contributed by atoms with van der Waals surface area (Å²) in [6, 6.07) is 2.05. The molecule has 2 N–H and O–H groups in total. The molecule has 0 bridgehead atoms. The van der Waals surface area contributed by atoms with Crippen molar-refractivity contribution >= 4 is 11.9 Å². The Morgan fingerprint density at radius 3 is 2.62 bits per heavy atom. The van der Waals surface area contributed by atoms with Crippen molar-refractivity contribution in [2.45, 2.75) is 44.8 Å². The van der Waals surface area contributed by atoms with E-state index in [9.17, 15) is 19.1 Å². The van der Waals surface area contributed by atoms with Gasteiger partial charge in [0.25, 0.3) is 5.91 Å². The lowest BCUT2D eigenvalue weighted by atomic mass is 9.71. The van der Waals surface area contributed by atoms with Crippen LogP contribution in [-0.2, 0) is 4.79 Å². The number of carbonyl (C=O) groups is 2. The van der Waals surface area contributed by atoms with Crippen LogP contribution >= 0.6 is 0 Å². The maximum absolute atomic E-state index is 12.9. The summed E-state index contributed by atoms with van der Waals surface area (Å²) in [5.74, 6) is -0.0968. The number of aliphatic hydroxyl groups is 1. The molecule has 1 aromatic rings. The maximum Gasteiger partial charge on any atom is 0.325 e. The SMILES string of the molecule is CC1CC(C)CC2(C1)NC(=O)N(CC(O)c1ccc(F)cn1)C2=O. The zero-order valence-corrected chi connectivity index (χ0v) is 13.8. The quantitative estimate of drug-likeness (QED) is 0.828. The predicted octanol–water partition coefficient (Wildman–Crippen LogP) is 2.00. The van der Waals surface area contributed by atoms with E-state index in [4.69, 9.17) is 0 Å². The monoisotopic (exact) mass is 335 g/mol. The van der Waals surface area contributed by atoms with Gasteiger partial charge in [-0.25, -0.2) is 9.18 Å². The first-order valence-corrected chi connectivity index (χ1v) is 8.24. The van der Waals surface area contributed by atoms with Crippen LogP contribution in [0.15, 0.2) is 18.3 Å². The minimum absolute atomic E-state index is 0.187. The van der Waals surface area contributed by atoms with Gasteiger partial charge >= 0.3 is 6.03 Å². The Hall–Kier alpha value is -2.02. The second-order valence-corrected chi connectivity index (χ2v) is 7.20. The van der Waals surface area contributed by atoms with Crippen LogP contribution in [0, 0.1) is 17.7 Å². The Morgan fingerprint density at radius 1 is 1.38 bits per heavy atom. The molecule has 1 aromatic heterocycles. The molecule has 2 heterocycles. The molecule has 1 aliphatic carbocycles. The molecule has 3 rings (SSSR count). The standard InChI is InChI=1S/C17H22FN3O3/c1-10-5-11(2)7-17(6-10)15(23)21(16(24)20-17)9-14(22)13-4-3-12(18)8-19-13/h3-4,8,10-11,14,22H,5-7,9H2,1-2H3,(H,20,24). The molecule has 1 aliphatic heterocycles. The van der Waals surface area contributed by atoms with E-state index < -0.39 is 23.5 Å². The molecule has 1 spiro atoms. The third kappa shape index (κ3) is 3.00. The van der Waals surface area contributed by atoms with Gasteiger partial charge in [-0.2, -0.15) is 0 Å². The summed E-state index contributed by atoms with van der Waals surface area (Å²) in [6.07, 6.45) is 2.12. The summed E-state index contributed by atoms with van der Waals surface area (Å²) in [4.78, 5) is 30.0. The number of imide groups is 1. The second-order valence-electron chi connectivity index (χ2n) is 7.20. The first-order valence-electron chi connectivity index (χ1n) is 8.24. The number of hydrogen-bond acceptors (Lipinski definition) is 4. The summed E-state index contributed by atoms with van der Waals surface area (Å²) in [6.45, 7) is 3.97. The Balaban J connectivity index is 1.76. The van der Waals surface area contributed by atoms with Crippen LogP contribution in [0.5, 0.6) is 0 Å². The highest BCUT2D eigenvalue weighted by atomic mass is 19.1. The average molecular weight is 335 g/mol. The highest BCUT2D eigenvalue weighted by Gasteiger charge is 2.54. The first-order chi connectivity index (χ1) is 11.3. The number of amides is 3. The Kier molecular flexibility index (Phi) is 4.29. The van der Waals surface area contributed by atoms with E-state index in [0.29, 0.717) is 24.7 Å². The summed E-state index contributed by atoms with van der Waals surface area (Å²) in [5.41, 5.74) is -0.632. The van der Waals surface area contributed by atoms with Gasteiger partial charge in [-0.15, -0.1) is 0 Å². The third-order valence-corrected chi connectivity index (χ3v) is 4.89. The zero-order chi connectivity index (χ0) is 17.5. The Morgan fingerprint density at radius 2 is 2.04 bits per heavy atom. The van der Waals surface area contributed by atoms with Crippen molar-refractivity contribution in [3.05, 3.63) is 29.8 Å². The van der Waals surface area contributed by atoms with Crippen LogP contribution < -0.4 is 5.32 Å². The number of aliphatic hydroxyl groups excluding tert-OH is 1. The molecule has 2 fully saturated rings. The van der Waals surface area contributed by atoms with Gasteiger partial charge in [0.05, 0.1) is 18.4 Å². The lowest BCUT2D eigenvalue weighted by Gasteiger charge is -2.38. The molecular weight excluding hydrogens is 313 g/mol. The minimum Gasteiger partial charge on any atom is -0.385 e. The van der Waals surface area contributed by atoms with Gasteiger partial charge in [-0.1, -0.05) is 13.8 Å². The number of carbonyl (C=O) groups excluding carboxylic acids is 2. The fourth-order valence-corrected chi connectivity index (χ4v) is 4.10. The van der Waals surface area contributed by atoms with Gasteiger partial charge < -0.3 is 10.4 Å². The summed E-state index contributed by atoms with van der Waals surface area (Å²) in [5, 5.41) is 13.1. The van der Waals surface area contributed by atoms with Gasteiger partial charge in [0.15, 0.2) is 0 Å². The number of hydrogen-bond donors (Lipinski definition) is 2. The predicted molar refractivity (Wildman–Crippen MR) is 84.3 cm³/mol. The molecule has 0 aromatic carbocycles. The van der Waals surface area contributed by atoms with E-state index in [-0.39, 0.29) is 18.1 Å². The minimum atomic E-state index is -1.14. The third-order valence-electron chi connectivity index (χ3n) is 4.89. The van der Waals surface area contributed by atoms with Crippen LogP contribution in [-0.4, -0.2) is 39.0 Å². The largest absolute Gasteiger partial charge is 0.385 e. The van der Waals surface area contributed by atoms with Crippen molar-refractivity contribution in [1.82, 2.24) is 15.2 Å². The van der Waals surface area contributed by atoms with Crippen LogP contribution in [0.3, 0.4) is 0 Å². The number of aromatic nitrogens is 1. The van der Waals surface area contributed by atoms with Gasteiger partial charge in [0, 0.05) is 0 Å². The van der Waals surface area contributed by atoms with E-state index in [2.05, 4.69) is 24.1 Å². The second kappa shape index (κ2) is 6.12. The number of urea groups is 1. The molecule has 3 amide bonds. The summed E-state index contributed by atoms with van der Waals surface area (Å²) in [7, 11) is 0. The van der Waals surface area contributed by atoms with Crippen molar-refractivity contribution in [3.8, 4) is 0 Å². The molecule has 2 aliphatic rings. The molecule has 0 radical (unpaired) electrons. The molecule has 3 unspecified atom stereocenters. The molecule has 1 saturated carbocycles. The number of rotatable bonds is 3. The summed E-state index contributed by atoms with van der Waals surface area (Å²) < 4.78 is 12.9. The Labute approximate surface area is 140 Å².